The molecule has 0 unspecified atom stereocenters. The molecule has 2 aromatic rings. The molecule has 82 valence electrons. The Labute approximate surface area is 91.7 Å². The van der Waals surface area contributed by atoms with Gasteiger partial charge in [0.2, 0.25) is 5.88 Å². The van der Waals surface area contributed by atoms with Crippen LogP contribution in [0.4, 0.5) is 0 Å². The van der Waals surface area contributed by atoms with Gasteiger partial charge in [0.1, 0.15) is 0 Å². The van der Waals surface area contributed by atoms with Gasteiger partial charge >= 0.3 is 5.97 Å². The summed E-state index contributed by atoms with van der Waals surface area (Å²) in [6.07, 6.45) is 0. The Balaban J connectivity index is 2.62. The van der Waals surface area contributed by atoms with E-state index in [4.69, 9.17) is 9.84 Å². The van der Waals surface area contributed by atoms with E-state index in [0.29, 0.717) is 5.56 Å². The van der Waals surface area contributed by atoms with E-state index >= 15 is 0 Å². The molecule has 0 aliphatic rings. The minimum absolute atomic E-state index is 0.0306. The molecule has 1 aromatic heterocycles. The molecule has 1 aromatic carbocycles. The second-order valence-electron chi connectivity index (χ2n) is 3.15. The molecule has 0 saturated heterocycles. The molecule has 5 nitrogen and oxygen atoms in total. The van der Waals surface area contributed by atoms with Crippen molar-refractivity contribution in [2.75, 3.05) is 7.11 Å². The second kappa shape index (κ2) is 4.06. The van der Waals surface area contributed by atoms with Crippen LogP contribution in [0.5, 0.6) is 5.88 Å². The fraction of sp³-hybridized carbons (Fsp3) is 0.0909. The predicted molar refractivity (Wildman–Crippen MR) is 57.5 cm³/mol. The van der Waals surface area contributed by atoms with E-state index in [2.05, 4.69) is 10.2 Å². The van der Waals surface area contributed by atoms with Gasteiger partial charge in [-0.15, -0.1) is 5.10 Å². The molecule has 0 atom stereocenters. The average Bonchev–Trinajstić information content (AvgIpc) is 2.73. The lowest BCUT2D eigenvalue weighted by Gasteiger charge is -2.02. The van der Waals surface area contributed by atoms with Crippen LogP contribution in [0, 0.1) is 0 Å². The highest BCUT2D eigenvalue weighted by Gasteiger charge is 2.20. The molecule has 0 aliphatic carbocycles. The first kappa shape index (κ1) is 10.2. The fourth-order valence-corrected chi connectivity index (χ4v) is 1.50. The summed E-state index contributed by atoms with van der Waals surface area (Å²) >= 11 is 0. The third-order valence-electron chi connectivity index (χ3n) is 2.20. The number of hydrogen-bond acceptors (Lipinski definition) is 3. The summed E-state index contributed by atoms with van der Waals surface area (Å²) in [4.78, 5) is 11.0. The maximum atomic E-state index is 11.0. The quantitative estimate of drug-likeness (QED) is 0.823. The van der Waals surface area contributed by atoms with E-state index in [1.54, 1.807) is 12.1 Å². The third kappa shape index (κ3) is 1.63. The monoisotopic (exact) mass is 218 g/mol. The Kier molecular flexibility index (Phi) is 2.59. The largest absolute Gasteiger partial charge is 0.479 e. The van der Waals surface area contributed by atoms with Gasteiger partial charge in [-0.1, -0.05) is 30.3 Å². The normalized spacial score (nSPS) is 10.1. The molecule has 2 rings (SSSR count). The molecule has 0 fully saturated rings. The molecular weight excluding hydrogens is 208 g/mol. The molecule has 0 saturated carbocycles. The first-order valence-corrected chi connectivity index (χ1v) is 4.65. The summed E-state index contributed by atoms with van der Waals surface area (Å²) in [5.74, 6) is -0.779. The molecule has 0 spiro atoms. The van der Waals surface area contributed by atoms with Crippen molar-refractivity contribution in [2.45, 2.75) is 0 Å². The second-order valence-corrected chi connectivity index (χ2v) is 3.15. The van der Waals surface area contributed by atoms with Gasteiger partial charge in [0.15, 0.2) is 5.69 Å². The number of nitrogens with one attached hydrogen (secondary N) is 1. The number of benzene rings is 1. The van der Waals surface area contributed by atoms with Crippen LogP contribution in [-0.2, 0) is 0 Å². The van der Waals surface area contributed by atoms with Crippen molar-refractivity contribution in [3.8, 4) is 17.0 Å². The number of nitrogens with zero attached hydrogens (tertiary/aromatic N) is 1. The van der Waals surface area contributed by atoms with Gasteiger partial charge in [-0.05, 0) is 5.56 Å². The molecule has 1 heterocycles. The van der Waals surface area contributed by atoms with Gasteiger partial charge in [-0.2, -0.15) is 0 Å². The molecular formula is C11H10N2O3. The van der Waals surface area contributed by atoms with Crippen molar-refractivity contribution in [2.24, 2.45) is 0 Å². The minimum Gasteiger partial charge on any atom is -0.479 e. The average molecular weight is 218 g/mol. The van der Waals surface area contributed by atoms with E-state index in [1.807, 2.05) is 18.2 Å². The van der Waals surface area contributed by atoms with Gasteiger partial charge in [0.05, 0.1) is 12.7 Å². The lowest BCUT2D eigenvalue weighted by Crippen LogP contribution is -1.99. The van der Waals surface area contributed by atoms with Crippen LogP contribution in [0.25, 0.3) is 11.1 Å². The molecule has 0 aliphatic heterocycles. The first-order valence-electron chi connectivity index (χ1n) is 4.65. The van der Waals surface area contributed by atoms with Crippen LogP contribution in [0.3, 0.4) is 0 Å². The van der Waals surface area contributed by atoms with Gasteiger partial charge < -0.3 is 9.84 Å². The van der Waals surface area contributed by atoms with Crippen LogP contribution in [0.1, 0.15) is 10.5 Å². The Morgan fingerprint density at radius 3 is 2.62 bits per heavy atom. The van der Waals surface area contributed by atoms with Crippen LogP contribution < -0.4 is 4.74 Å². The highest BCUT2D eigenvalue weighted by molar-refractivity contribution is 5.95. The number of aromatic amines is 1. The first-order chi connectivity index (χ1) is 7.74. The van der Waals surface area contributed by atoms with Crippen molar-refractivity contribution in [3.05, 3.63) is 36.0 Å². The summed E-state index contributed by atoms with van der Waals surface area (Å²) in [5, 5.41) is 15.3. The van der Waals surface area contributed by atoms with E-state index < -0.39 is 5.97 Å². The minimum atomic E-state index is -1.06. The number of carboxylic acid groups (broad SMARTS) is 1. The highest BCUT2D eigenvalue weighted by atomic mass is 16.5. The van der Waals surface area contributed by atoms with Crippen LogP contribution >= 0.6 is 0 Å². The Morgan fingerprint density at radius 1 is 1.38 bits per heavy atom. The number of aromatic carboxylic acids is 1. The maximum absolute atomic E-state index is 11.0. The summed E-state index contributed by atoms with van der Waals surface area (Å²) in [7, 11) is 1.45. The number of H-pyrrole nitrogens is 1. The van der Waals surface area contributed by atoms with Gasteiger partial charge in [0, 0.05) is 0 Å². The Hall–Kier alpha value is -2.30. The number of carbonyl (C=O) groups is 1. The third-order valence-corrected chi connectivity index (χ3v) is 2.20. The van der Waals surface area contributed by atoms with Crippen LogP contribution in [-0.4, -0.2) is 28.4 Å². The lowest BCUT2D eigenvalue weighted by atomic mass is 10.1. The highest BCUT2D eigenvalue weighted by Crippen LogP contribution is 2.30. The molecule has 5 heteroatoms. The number of hydrogen-bond donors (Lipinski definition) is 2. The zero-order valence-corrected chi connectivity index (χ0v) is 8.60. The fourth-order valence-electron chi connectivity index (χ4n) is 1.50. The number of carboxylic acids is 1. The number of rotatable bonds is 3. The smallest absolute Gasteiger partial charge is 0.354 e. The van der Waals surface area contributed by atoms with Crippen molar-refractivity contribution in [1.29, 1.82) is 0 Å². The molecule has 2 N–H and O–H groups in total. The standard InChI is InChI=1S/C11H10N2O3/c1-16-10-8(7-5-3-2-4-6-7)9(11(14)15)12-13-10/h2-6H,1H3,(H,12,13)(H,14,15). The Morgan fingerprint density at radius 2 is 2.06 bits per heavy atom. The predicted octanol–water partition coefficient (Wildman–Crippen LogP) is 1.78. The van der Waals surface area contributed by atoms with E-state index in [9.17, 15) is 4.79 Å². The van der Waals surface area contributed by atoms with Gasteiger partial charge in [0.25, 0.3) is 0 Å². The van der Waals surface area contributed by atoms with Gasteiger partial charge in [-0.3, -0.25) is 5.10 Å². The van der Waals surface area contributed by atoms with Crippen molar-refractivity contribution in [1.82, 2.24) is 10.2 Å². The van der Waals surface area contributed by atoms with Crippen molar-refractivity contribution >= 4 is 5.97 Å². The molecule has 16 heavy (non-hydrogen) atoms. The van der Waals surface area contributed by atoms with Crippen LogP contribution in [0.2, 0.25) is 0 Å². The number of aromatic nitrogens is 2. The maximum Gasteiger partial charge on any atom is 0.354 e. The Bertz CT molecular complexity index is 505. The van der Waals surface area contributed by atoms with Crippen LogP contribution in [0.15, 0.2) is 30.3 Å². The molecule has 0 amide bonds. The van der Waals surface area contributed by atoms with Crippen molar-refractivity contribution < 1.29 is 14.6 Å². The summed E-state index contributed by atoms with van der Waals surface area (Å²) < 4.78 is 5.02. The summed E-state index contributed by atoms with van der Waals surface area (Å²) in [6.45, 7) is 0. The number of methoxy groups -OCH3 is 1. The lowest BCUT2D eigenvalue weighted by molar-refractivity contribution is 0.0691. The van der Waals surface area contributed by atoms with E-state index in [1.165, 1.54) is 7.11 Å². The summed E-state index contributed by atoms with van der Waals surface area (Å²) in [5.41, 5.74) is 1.25. The zero-order chi connectivity index (χ0) is 11.5. The van der Waals surface area contributed by atoms with E-state index in [-0.39, 0.29) is 11.6 Å². The number of ether oxygens (including phenoxy) is 1. The topological polar surface area (TPSA) is 75.2 Å². The zero-order valence-electron chi connectivity index (χ0n) is 8.60. The van der Waals surface area contributed by atoms with Crippen molar-refractivity contribution in [3.63, 3.8) is 0 Å². The van der Waals surface area contributed by atoms with E-state index in [0.717, 1.165) is 5.56 Å². The molecule has 0 radical (unpaired) electrons. The SMILES string of the molecule is COc1n[nH]c(C(=O)O)c1-c1ccccc1. The van der Waals surface area contributed by atoms with Gasteiger partial charge in [-0.25, -0.2) is 4.79 Å². The molecule has 0 bridgehead atoms. The summed E-state index contributed by atoms with van der Waals surface area (Å²) in [6, 6.07) is 9.12.